The lowest BCUT2D eigenvalue weighted by Crippen LogP contribution is -2.40. The molecule has 31 heavy (non-hydrogen) atoms. The number of halogens is 1. The van der Waals surface area contributed by atoms with Crippen molar-refractivity contribution in [1.82, 2.24) is 29.3 Å². The van der Waals surface area contributed by atoms with Crippen LogP contribution in [0.15, 0.2) is 46.2 Å². The van der Waals surface area contributed by atoms with Gasteiger partial charge >= 0.3 is 5.69 Å². The zero-order valence-electron chi connectivity index (χ0n) is 17.0. The summed E-state index contributed by atoms with van der Waals surface area (Å²) >= 11 is 6.12. The Morgan fingerprint density at radius 3 is 2.65 bits per heavy atom. The van der Waals surface area contributed by atoms with Gasteiger partial charge in [-0.3, -0.25) is 13.9 Å². The topological polar surface area (TPSA) is 124 Å². The van der Waals surface area contributed by atoms with Crippen molar-refractivity contribution in [3.63, 3.8) is 0 Å². The van der Waals surface area contributed by atoms with Gasteiger partial charge in [0.25, 0.3) is 5.56 Å². The summed E-state index contributed by atoms with van der Waals surface area (Å²) in [5.74, 6) is 0.582. The molecule has 0 unspecified atom stereocenters. The fraction of sp³-hybridized carbons (Fsp3) is 0.286. The number of nitrogen functional groups attached to an aromatic ring is 1. The Hall–Kier alpha value is -3.46. The second-order valence-corrected chi connectivity index (χ2v) is 7.71. The number of nitrogens with one attached hydrogen (secondary N) is 1. The summed E-state index contributed by atoms with van der Waals surface area (Å²) in [6.07, 6.45) is 4.88. The fourth-order valence-corrected chi connectivity index (χ4v) is 3.71. The third-order valence-corrected chi connectivity index (χ3v) is 5.39. The van der Waals surface area contributed by atoms with Crippen molar-refractivity contribution >= 4 is 28.5 Å². The number of nitrogens with two attached hydrogens (primary N) is 1. The van der Waals surface area contributed by atoms with E-state index in [0.29, 0.717) is 60.1 Å². The molecule has 0 aliphatic carbocycles. The molecule has 3 aromatic heterocycles. The van der Waals surface area contributed by atoms with Crippen molar-refractivity contribution in [2.45, 2.75) is 39.3 Å². The van der Waals surface area contributed by atoms with Gasteiger partial charge in [0, 0.05) is 25.7 Å². The number of rotatable bonds is 7. The summed E-state index contributed by atoms with van der Waals surface area (Å²) in [5.41, 5.74) is 8.06. The van der Waals surface area contributed by atoms with Crippen molar-refractivity contribution in [1.29, 1.82) is 0 Å². The molecule has 160 valence electrons. The van der Waals surface area contributed by atoms with Crippen molar-refractivity contribution in [3.05, 3.63) is 79.5 Å². The maximum Gasteiger partial charge on any atom is 0.332 e. The van der Waals surface area contributed by atoms with Gasteiger partial charge in [-0.15, -0.1) is 0 Å². The number of imidazole rings is 1. The predicted octanol–water partition coefficient (Wildman–Crippen LogP) is 2.16. The summed E-state index contributed by atoms with van der Waals surface area (Å²) < 4.78 is 2.80. The molecular formula is C21H22ClN7O2. The van der Waals surface area contributed by atoms with Crippen LogP contribution in [0.4, 0.5) is 5.69 Å². The van der Waals surface area contributed by atoms with Crippen LogP contribution >= 0.6 is 11.6 Å². The third kappa shape index (κ3) is 4.22. The van der Waals surface area contributed by atoms with Gasteiger partial charge in [-0.1, -0.05) is 24.6 Å². The van der Waals surface area contributed by atoms with Crippen LogP contribution in [0, 0.1) is 0 Å². The first-order valence-electron chi connectivity index (χ1n) is 9.99. The summed E-state index contributed by atoms with van der Waals surface area (Å²) in [6, 6.07) is 7.22. The summed E-state index contributed by atoms with van der Waals surface area (Å²) in [5, 5.41) is 8.11. The van der Waals surface area contributed by atoms with E-state index in [4.69, 9.17) is 17.3 Å². The monoisotopic (exact) mass is 439 g/mol. The van der Waals surface area contributed by atoms with Gasteiger partial charge < -0.3 is 10.7 Å². The highest BCUT2D eigenvalue weighted by atomic mass is 35.5. The molecule has 1 aromatic carbocycles. The first-order valence-corrected chi connectivity index (χ1v) is 10.4. The molecule has 0 saturated carbocycles. The molecule has 3 heterocycles. The standard InChI is InChI=1S/C21H22ClN7O2/c1-2-8-29-20(30)18-19(27-17(26-18)11-14-5-7-24-25-12-14)28(21(29)31)9-6-13-3-4-16(23)15(22)10-13/h3-5,7,10,12H,2,6,8-9,11,23H2,1H3,(H,26,27). The van der Waals surface area contributed by atoms with Gasteiger partial charge in [0.1, 0.15) is 11.3 Å². The Morgan fingerprint density at radius 2 is 1.94 bits per heavy atom. The molecular weight excluding hydrogens is 418 g/mol. The van der Waals surface area contributed by atoms with Crippen LogP contribution in [0.2, 0.25) is 5.02 Å². The van der Waals surface area contributed by atoms with Crippen LogP contribution in [-0.4, -0.2) is 29.3 Å². The van der Waals surface area contributed by atoms with E-state index in [-0.39, 0.29) is 11.2 Å². The number of hydrogen-bond acceptors (Lipinski definition) is 6. The Morgan fingerprint density at radius 1 is 1.10 bits per heavy atom. The second kappa shape index (κ2) is 8.73. The molecule has 0 spiro atoms. The number of fused-ring (bicyclic) bond motifs is 1. The van der Waals surface area contributed by atoms with Crippen LogP contribution in [-0.2, 0) is 25.9 Å². The number of aryl methyl sites for hydroxylation is 2. The average molecular weight is 440 g/mol. The first-order chi connectivity index (χ1) is 15.0. The molecule has 0 radical (unpaired) electrons. The third-order valence-electron chi connectivity index (χ3n) is 5.06. The number of aromatic amines is 1. The minimum atomic E-state index is -0.371. The van der Waals surface area contributed by atoms with Crippen molar-refractivity contribution in [2.75, 3.05) is 5.73 Å². The Kier molecular flexibility index (Phi) is 5.85. The highest BCUT2D eigenvalue weighted by Gasteiger charge is 2.17. The van der Waals surface area contributed by atoms with E-state index < -0.39 is 0 Å². The van der Waals surface area contributed by atoms with Crippen molar-refractivity contribution in [2.24, 2.45) is 0 Å². The van der Waals surface area contributed by atoms with Gasteiger partial charge in [-0.2, -0.15) is 10.2 Å². The lowest BCUT2D eigenvalue weighted by molar-refractivity contribution is 0.559. The normalized spacial score (nSPS) is 11.3. The summed E-state index contributed by atoms with van der Waals surface area (Å²) in [4.78, 5) is 33.7. The minimum absolute atomic E-state index is 0.320. The molecule has 9 nitrogen and oxygen atoms in total. The van der Waals surface area contributed by atoms with E-state index in [0.717, 1.165) is 11.1 Å². The van der Waals surface area contributed by atoms with E-state index in [1.807, 2.05) is 19.1 Å². The lowest BCUT2D eigenvalue weighted by atomic mass is 10.1. The number of nitrogens with zero attached hydrogens (tertiary/aromatic N) is 5. The molecule has 0 bridgehead atoms. The first kappa shape index (κ1) is 20.8. The highest BCUT2D eigenvalue weighted by Crippen LogP contribution is 2.20. The van der Waals surface area contributed by atoms with Gasteiger partial charge in [0.05, 0.1) is 16.9 Å². The smallest absolute Gasteiger partial charge is 0.332 e. The lowest BCUT2D eigenvalue weighted by Gasteiger charge is -2.11. The molecule has 0 fully saturated rings. The predicted molar refractivity (Wildman–Crippen MR) is 119 cm³/mol. The zero-order chi connectivity index (χ0) is 22.0. The largest absolute Gasteiger partial charge is 0.398 e. The maximum atomic E-state index is 13.1. The second-order valence-electron chi connectivity index (χ2n) is 7.31. The number of H-pyrrole nitrogens is 1. The highest BCUT2D eigenvalue weighted by molar-refractivity contribution is 6.33. The number of hydrogen-bond donors (Lipinski definition) is 2. The molecule has 4 aromatic rings. The Bertz CT molecular complexity index is 1340. The Labute approximate surface area is 182 Å². The van der Waals surface area contributed by atoms with Crippen LogP contribution in [0.3, 0.4) is 0 Å². The van der Waals surface area contributed by atoms with Gasteiger partial charge in [-0.05, 0) is 42.2 Å². The fourth-order valence-electron chi connectivity index (χ4n) is 3.50. The van der Waals surface area contributed by atoms with E-state index >= 15 is 0 Å². The van der Waals surface area contributed by atoms with Crippen molar-refractivity contribution < 1.29 is 0 Å². The van der Waals surface area contributed by atoms with E-state index in [2.05, 4.69) is 20.2 Å². The summed E-state index contributed by atoms with van der Waals surface area (Å²) in [6.45, 7) is 2.61. The Balaban J connectivity index is 1.76. The summed E-state index contributed by atoms with van der Waals surface area (Å²) in [7, 11) is 0. The number of benzene rings is 1. The van der Waals surface area contributed by atoms with Gasteiger partial charge in [0.15, 0.2) is 5.65 Å². The molecule has 0 amide bonds. The minimum Gasteiger partial charge on any atom is -0.398 e. The van der Waals surface area contributed by atoms with Gasteiger partial charge in [0.2, 0.25) is 0 Å². The molecule has 0 aliphatic heterocycles. The SMILES string of the molecule is CCCn1c(=O)c2[nH]c(Cc3ccnnc3)nc2n(CCc2ccc(N)c(Cl)c2)c1=O. The van der Waals surface area contributed by atoms with E-state index in [1.165, 1.54) is 4.57 Å². The van der Waals surface area contributed by atoms with Crippen LogP contribution in [0.5, 0.6) is 0 Å². The number of anilines is 1. The van der Waals surface area contributed by atoms with Crippen LogP contribution < -0.4 is 17.0 Å². The molecule has 4 rings (SSSR count). The number of aromatic nitrogens is 6. The molecule has 0 saturated heterocycles. The zero-order valence-corrected chi connectivity index (χ0v) is 17.8. The van der Waals surface area contributed by atoms with E-state index in [9.17, 15) is 9.59 Å². The van der Waals surface area contributed by atoms with E-state index in [1.54, 1.807) is 29.1 Å². The quantitative estimate of drug-likeness (QED) is 0.425. The molecule has 0 aliphatic rings. The van der Waals surface area contributed by atoms with Crippen LogP contribution in [0.1, 0.15) is 30.3 Å². The molecule has 0 atom stereocenters. The maximum absolute atomic E-state index is 13.1. The molecule has 10 heteroatoms. The van der Waals surface area contributed by atoms with Gasteiger partial charge in [-0.25, -0.2) is 9.78 Å². The van der Waals surface area contributed by atoms with Crippen LogP contribution in [0.25, 0.3) is 11.2 Å². The molecule has 3 N–H and O–H groups in total. The average Bonchev–Trinajstić information content (AvgIpc) is 3.18. The van der Waals surface area contributed by atoms with Crippen molar-refractivity contribution in [3.8, 4) is 0 Å².